The molecule has 152 valence electrons. The summed E-state index contributed by atoms with van der Waals surface area (Å²) in [4.78, 5) is 24.9. The zero-order valence-corrected chi connectivity index (χ0v) is 16.9. The Labute approximate surface area is 166 Å². The minimum Gasteiger partial charge on any atom is -0.469 e. The summed E-state index contributed by atoms with van der Waals surface area (Å²) < 4.78 is 5.14. The molecule has 5 heteroatoms. The number of terminal acetylenes is 1. The van der Waals surface area contributed by atoms with Crippen molar-refractivity contribution in [3.63, 3.8) is 0 Å². The number of hydrogen-bond acceptors (Lipinski definition) is 5. The van der Waals surface area contributed by atoms with Crippen LogP contribution < -0.4 is 0 Å². The van der Waals surface area contributed by atoms with E-state index in [-0.39, 0.29) is 34.9 Å². The number of allylic oxidation sites excluding steroid dienone is 1. The van der Waals surface area contributed by atoms with Gasteiger partial charge in [0.15, 0.2) is 5.78 Å². The van der Waals surface area contributed by atoms with Crippen LogP contribution in [0.2, 0.25) is 0 Å². The van der Waals surface area contributed by atoms with Crippen LogP contribution in [0.4, 0.5) is 0 Å². The van der Waals surface area contributed by atoms with Gasteiger partial charge < -0.3 is 14.9 Å². The minimum atomic E-state index is -1.27. The first-order chi connectivity index (χ1) is 13.1. The quantitative estimate of drug-likeness (QED) is 0.533. The van der Waals surface area contributed by atoms with Gasteiger partial charge in [-0.2, -0.15) is 0 Å². The fourth-order valence-corrected chi connectivity index (χ4v) is 7.31. The van der Waals surface area contributed by atoms with Gasteiger partial charge in [0.05, 0.1) is 19.1 Å². The number of fused-ring (bicyclic) bond motifs is 5. The zero-order valence-electron chi connectivity index (χ0n) is 16.9. The Morgan fingerprint density at radius 3 is 2.71 bits per heavy atom. The van der Waals surface area contributed by atoms with Crippen LogP contribution in [-0.4, -0.2) is 40.8 Å². The second-order valence-electron chi connectivity index (χ2n) is 9.83. The van der Waals surface area contributed by atoms with Crippen LogP contribution in [0.3, 0.4) is 0 Å². The van der Waals surface area contributed by atoms with Crippen LogP contribution in [-0.2, 0) is 14.3 Å². The molecule has 0 aromatic heterocycles. The molecule has 28 heavy (non-hydrogen) atoms. The highest BCUT2D eigenvalue weighted by Crippen LogP contribution is 2.68. The summed E-state index contributed by atoms with van der Waals surface area (Å²) in [5.74, 6) is 1.71. The van der Waals surface area contributed by atoms with Gasteiger partial charge in [-0.25, -0.2) is 0 Å². The maximum atomic E-state index is 12.8. The summed E-state index contributed by atoms with van der Waals surface area (Å²) in [6.45, 7) is 4.10. The van der Waals surface area contributed by atoms with Crippen molar-refractivity contribution < 1.29 is 24.5 Å². The number of methoxy groups -OCH3 is 1. The topological polar surface area (TPSA) is 83.8 Å². The molecule has 0 amide bonds. The highest BCUT2D eigenvalue weighted by Gasteiger charge is 2.68. The molecule has 3 saturated carbocycles. The monoisotopic (exact) mass is 386 g/mol. The molecule has 0 radical (unpaired) electrons. The third-order valence-corrected chi connectivity index (χ3v) is 8.85. The summed E-state index contributed by atoms with van der Waals surface area (Å²) in [5, 5.41) is 22.5. The van der Waals surface area contributed by atoms with Gasteiger partial charge in [0.1, 0.15) is 5.60 Å². The minimum absolute atomic E-state index is 0.0297. The number of aliphatic hydroxyl groups is 2. The lowest BCUT2D eigenvalue weighted by Crippen LogP contribution is -2.62. The summed E-state index contributed by atoms with van der Waals surface area (Å²) >= 11 is 0. The van der Waals surface area contributed by atoms with E-state index >= 15 is 0 Å². The van der Waals surface area contributed by atoms with E-state index in [1.165, 1.54) is 7.11 Å². The van der Waals surface area contributed by atoms with Crippen molar-refractivity contribution in [3.8, 4) is 12.3 Å². The molecule has 8 atom stereocenters. The largest absolute Gasteiger partial charge is 0.469 e. The molecule has 5 nitrogen and oxygen atoms in total. The Morgan fingerprint density at radius 1 is 1.36 bits per heavy atom. The molecule has 0 heterocycles. The fraction of sp³-hybridized carbons (Fsp3) is 0.739. The summed E-state index contributed by atoms with van der Waals surface area (Å²) in [6, 6.07) is 0. The Bertz CT molecular complexity index is 793. The van der Waals surface area contributed by atoms with E-state index in [1.807, 2.05) is 6.92 Å². The second-order valence-corrected chi connectivity index (χ2v) is 9.83. The van der Waals surface area contributed by atoms with Crippen molar-refractivity contribution >= 4 is 11.8 Å². The zero-order chi connectivity index (χ0) is 20.5. The van der Waals surface area contributed by atoms with Gasteiger partial charge in [0.25, 0.3) is 0 Å². The normalized spacial score (nSPS) is 49.9. The van der Waals surface area contributed by atoms with Crippen LogP contribution in [0.1, 0.15) is 52.4 Å². The fourth-order valence-electron chi connectivity index (χ4n) is 7.31. The Hall–Kier alpha value is -1.64. The smallest absolute Gasteiger partial charge is 0.309 e. The standard InChI is InChI=1S/C23H30O5/c1-5-23(27)9-7-16-18-15(20(26)28-4)11-13-10-14(24)6-8-21(13,2)19(18)17(25)12-22(16,23)3/h1,10,15-19,25,27H,6-9,11-12H2,2-4H3/t15-,16+,17-,18+,19?,21+,22+,23?/m1/s1. The number of aliphatic hydroxyl groups excluding tert-OH is 1. The third-order valence-electron chi connectivity index (χ3n) is 8.85. The van der Waals surface area contributed by atoms with E-state index < -0.39 is 23.0 Å². The highest BCUT2D eigenvalue weighted by molar-refractivity contribution is 5.92. The van der Waals surface area contributed by atoms with E-state index in [0.717, 1.165) is 12.0 Å². The van der Waals surface area contributed by atoms with Crippen molar-refractivity contribution in [2.24, 2.45) is 34.5 Å². The molecule has 2 unspecified atom stereocenters. The maximum Gasteiger partial charge on any atom is 0.309 e. The summed E-state index contributed by atoms with van der Waals surface area (Å²) in [6.07, 6.45) is 9.97. The Morgan fingerprint density at radius 2 is 2.07 bits per heavy atom. The van der Waals surface area contributed by atoms with E-state index in [2.05, 4.69) is 12.8 Å². The molecule has 0 aromatic carbocycles. The first-order valence-electron chi connectivity index (χ1n) is 10.3. The molecule has 4 rings (SSSR count). The molecule has 0 spiro atoms. The SMILES string of the molecule is C#CC1(O)CC[C@H]2[C@H]3C([C@H](O)C[C@@]21C)[C@@]1(C)CCC(=O)C=C1C[C@H]3C(=O)OC. The molecule has 0 bridgehead atoms. The van der Waals surface area contributed by atoms with E-state index in [9.17, 15) is 19.8 Å². The molecule has 0 aliphatic heterocycles. The van der Waals surface area contributed by atoms with Crippen LogP contribution >= 0.6 is 0 Å². The lowest BCUT2D eigenvalue weighted by atomic mass is 9.43. The first kappa shape index (κ1) is 19.7. The van der Waals surface area contributed by atoms with Gasteiger partial charge in [-0.3, -0.25) is 9.59 Å². The number of carbonyl (C=O) groups excluding carboxylic acids is 2. The van der Waals surface area contributed by atoms with Crippen molar-refractivity contribution in [2.45, 2.75) is 64.1 Å². The first-order valence-corrected chi connectivity index (χ1v) is 10.3. The second kappa shape index (κ2) is 6.18. The van der Waals surface area contributed by atoms with Gasteiger partial charge in [-0.05, 0) is 61.3 Å². The predicted molar refractivity (Wildman–Crippen MR) is 103 cm³/mol. The van der Waals surface area contributed by atoms with E-state index in [1.54, 1.807) is 6.08 Å². The lowest BCUT2D eigenvalue weighted by Gasteiger charge is -2.61. The highest BCUT2D eigenvalue weighted by atomic mass is 16.5. The molecular weight excluding hydrogens is 356 g/mol. The predicted octanol–water partition coefficient (Wildman–Crippen LogP) is 2.25. The molecular formula is C23H30O5. The lowest BCUT2D eigenvalue weighted by molar-refractivity contribution is -0.183. The number of rotatable bonds is 1. The number of carbonyl (C=O) groups is 2. The Kier molecular flexibility index (Phi) is 4.34. The molecule has 2 N–H and O–H groups in total. The van der Waals surface area contributed by atoms with Gasteiger partial charge >= 0.3 is 5.97 Å². The van der Waals surface area contributed by atoms with Crippen LogP contribution in [0.25, 0.3) is 0 Å². The van der Waals surface area contributed by atoms with E-state index in [0.29, 0.717) is 32.1 Å². The number of ketones is 1. The molecule has 0 aromatic rings. The van der Waals surface area contributed by atoms with Crippen LogP contribution in [0.5, 0.6) is 0 Å². The molecule has 4 aliphatic carbocycles. The van der Waals surface area contributed by atoms with Crippen molar-refractivity contribution in [1.82, 2.24) is 0 Å². The van der Waals surface area contributed by atoms with Crippen LogP contribution in [0.15, 0.2) is 11.6 Å². The molecule has 3 fully saturated rings. The van der Waals surface area contributed by atoms with Gasteiger partial charge in [-0.1, -0.05) is 25.3 Å². The average molecular weight is 386 g/mol. The van der Waals surface area contributed by atoms with Gasteiger partial charge in [-0.15, -0.1) is 6.42 Å². The van der Waals surface area contributed by atoms with Crippen molar-refractivity contribution in [2.75, 3.05) is 7.11 Å². The van der Waals surface area contributed by atoms with Crippen molar-refractivity contribution in [3.05, 3.63) is 11.6 Å². The number of hydrogen-bond donors (Lipinski definition) is 2. The van der Waals surface area contributed by atoms with E-state index in [4.69, 9.17) is 11.2 Å². The summed E-state index contributed by atoms with van der Waals surface area (Å²) in [5.41, 5.74) is -1.27. The van der Waals surface area contributed by atoms with Gasteiger partial charge in [0, 0.05) is 11.8 Å². The Balaban J connectivity index is 1.86. The number of esters is 1. The van der Waals surface area contributed by atoms with Gasteiger partial charge in [0.2, 0.25) is 0 Å². The molecule has 4 aliphatic rings. The average Bonchev–Trinajstić information content (AvgIpc) is 2.92. The maximum absolute atomic E-state index is 12.8. The van der Waals surface area contributed by atoms with Crippen molar-refractivity contribution in [1.29, 1.82) is 0 Å². The van der Waals surface area contributed by atoms with Crippen LogP contribution in [0, 0.1) is 46.8 Å². The third kappa shape index (κ3) is 2.34. The number of ether oxygens (including phenoxy) is 1. The summed E-state index contributed by atoms with van der Waals surface area (Å²) in [7, 11) is 1.39. The molecule has 0 saturated heterocycles.